The van der Waals surface area contributed by atoms with Crippen LogP contribution in [0.3, 0.4) is 0 Å². The second kappa shape index (κ2) is 4.25. The first-order chi connectivity index (χ1) is 7.87. The number of methoxy groups -OCH3 is 1. The molecule has 0 unspecified atom stereocenters. The Morgan fingerprint density at radius 3 is 2.35 bits per heavy atom. The van der Waals surface area contributed by atoms with Crippen LogP contribution in [0.25, 0.3) is 0 Å². The van der Waals surface area contributed by atoms with E-state index in [1.54, 1.807) is 0 Å². The van der Waals surface area contributed by atoms with Crippen molar-refractivity contribution in [3.05, 3.63) is 0 Å². The van der Waals surface area contributed by atoms with E-state index >= 15 is 0 Å². The molecule has 0 aromatic carbocycles. The first-order valence-electron chi connectivity index (χ1n) is 6.30. The highest BCUT2D eigenvalue weighted by molar-refractivity contribution is 5.69. The Morgan fingerprint density at radius 1 is 1.18 bits per heavy atom. The maximum atomic E-state index is 11.0. The lowest BCUT2D eigenvalue weighted by Crippen LogP contribution is -2.14. The molecular weight excluding hydrogens is 220 g/mol. The molecule has 0 aromatic rings. The van der Waals surface area contributed by atoms with E-state index in [1.807, 2.05) is 0 Å². The van der Waals surface area contributed by atoms with Crippen molar-refractivity contribution < 1.29 is 19.0 Å². The molecule has 17 heavy (non-hydrogen) atoms. The molecule has 2 aliphatic heterocycles. The van der Waals surface area contributed by atoms with Gasteiger partial charge in [-0.1, -0.05) is 0 Å². The smallest absolute Gasteiger partial charge is 0.305 e. The van der Waals surface area contributed by atoms with Crippen molar-refractivity contribution in [2.24, 2.45) is 0 Å². The molecule has 2 heterocycles. The lowest BCUT2D eigenvalue weighted by atomic mass is 9.95. The van der Waals surface area contributed by atoms with Crippen LogP contribution in [-0.2, 0) is 19.0 Å². The third kappa shape index (κ3) is 2.99. The van der Waals surface area contributed by atoms with E-state index in [4.69, 9.17) is 9.47 Å². The Hall–Kier alpha value is -0.610. The summed E-state index contributed by atoms with van der Waals surface area (Å²) in [5.74, 6) is -0.158. The van der Waals surface area contributed by atoms with Gasteiger partial charge >= 0.3 is 5.97 Å². The highest BCUT2D eigenvalue weighted by Gasteiger charge is 2.54. The van der Waals surface area contributed by atoms with E-state index in [-0.39, 0.29) is 23.3 Å². The van der Waals surface area contributed by atoms with E-state index in [0.717, 1.165) is 19.3 Å². The molecule has 2 aliphatic rings. The molecule has 3 atom stereocenters. The average Bonchev–Trinajstić information content (AvgIpc) is 3.10. The zero-order chi connectivity index (χ0) is 12.7. The third-order valence-corrected chi connectivity index (χ3v) is 3.94. The van der Waals surface area contributed by atoms with Crippen molar-refractivity contribution in [1.82, 2.24) is 0 Å². The molecule has 0 saturated carbocycles. The number of hydrogen-bond acceptors (Lipinski definition) is 4. The summed E-state index contributed by atoms with van der Waals surface area (Å²) in [6.07, 6.45) is 3.85. The number of esters is 1. The topological polar surface area (TPSA) is 51.4 Å². The van der Waals surface area contributed by atoms with Gasteiger partial charge in [0.15, 0.2) is 0 Å². The van der Waals surface area contributed by atoms with Gasteiger partial charge < -0.3 is 14.2 Å². The zero-order valence-corrected chi connectivity index (χ0v) is 11.1. The first kappa shape index (κ1) is 12.8. The van der Waals surface area contributed by atoms with Gasteiger partial charge in [0.1, 0.15) is 0 Å². The molecule has 0 amide bonds. The molecule has 0 N–H and O–H groups in total. The summed E-state index contributed by atoms with van der Waals surface area (Å²) in [7, 11) is 1.42. The van der Waals surface area contributed by atoms with Crippen LogP contribution in [0.2, 0.25) is 0 Å². The Bertz CT molecular complexity index is 313. The maximum Gasteiger partial charge on any atom is 0.305 e. The zero-order valence-electron chi connectivity index (χ0n) is 11.1. The number of carbonyl (C=O) groups is 1. The monoisotopic (exact) mass is 242 g/mol. The number of rotatable bonds is 6. The largest absolute Gasteiger partial charge is 0.469 e. The predicted molar refractivity (Wildman–Crippen MR) is 62.7 cm³/mol. The molecule has 4 nitrogen and oxygen atoms in total. The summed E-state index contributed by atoms with van der Waals surface area (Å²) in [4.78, 5) is 11.0. The number of hydrogen-bond donors (Lipinski definition) is 0. The van der Waals surface area contributed by atoms with Gasteiger partial charge in [-0.25, -0.2) is 0 Å². The number of ether oxygens (including phenoxy) is 3. The van der Waals surface area contributed by atoms with Gasteiger partial charge in [0.2, 0.25) is 0 Å². The third-order valence-electron chi connectivity index (χ3n) is 3.94. The Morgan fingerprint density at radius 2 is 1.82 bits per heavy atom. The Labute approximate surface area is 103 Å². The second-order valence-electron chi connectivity index (χ2n) is 5.78. The molecule has 2 saturated heterocycles. The van der Waals surface area contributed by atoms with Crippen LogP contribution in [0.5, 0.6) is 0 Å². The molecule has 0 aliphatic carbocycles. The van der Waals surface area contributed by atoms with Crippen LogP contribution >= 0.6 is 0 Å². The standard InChI is InChI=1S/C13H22O4/c1-12(2)9(16-12)7-8-13(3)10(17-13)5-6-11(14)15-4/h9-10H,5-8H2,1-4H3/t9-,10-,13-/m1/s1. The molecule has 0 spiro atoms. The lowest BCUT2D eigenvalue weighted by molar-refractivity contribution is -0.140. The Balaban J connectivity index is 1.64. The van der Waals surface area contributed by atoms with Crippen molar-refractivity contribution in [2.45, 2.75) is 69.9 Å². The minimum absolute atomic E-state index is 0.0456. The summed E-state index contributed by atoms with van der Waals surface area (Å²) >= 11 is 0. The summed E-state index contributed by atoms with van der Waals surface area (Å²) in [6.45, 7) is 6.34. The summed E-state index contributed by atoms with van der Waals surface area (Å²) in [5.41, 5.74) is 0.0167. The van der Waals surface area contributed by atoms with E-state index in [0.29, 0.717) is 12.5 Å². The van der Waals surface area contributed by atoms with E-state index < -0.39 is 0 Å². The predicted octanol–water partition coefficient (Wildman–Crippen LogP) is 2.05. The molecular formula is C13H22O4. The van der Waals surface area contributed by atoms with E-state index in [9.17, 15) is 4.79 Å². The number of carbonyl (C=O) groups excluding carboxylic acids is 1. The first-order valence-corrected chi connectivity index (χ1v) is 6.30. The van der Waals surface area contributed by atoms with Crippen LogP contribution in [0.4, 0.5) is 0 Å². The average molecular weight is 242 g/mol. The van der Waals surface area contributed by atoms with Gasteiger partial charge in [-0.05, 0) is 40.0 Å². The molecule has 0 aromatic heterocycles. The van der Waals surface area contributed by atoms with Gasteiger partial charge in [-0.3, -0.25) is 4.79 Å². The van der Waals surface area contributed by atoms with Gasteiger partial charge in [0, 0.05) is 6.42 Å². The molecule has 0 bridgehead atoms. The maximum absolute atomic E-state index is 11.0. The fourth-order valence-electron chi connectivity index (χ4n) is 2.38. The highest BCUT2D eigenvalue weighted by atomic mass is 16.6. The SMILES string of the molecule is COC(=O)CC[C@H]1O[C@]1(C)CC[C@H]1OC1(C)C. The fourth-order valence-corrected chi connectivity index (χ4v) is 2.38. The van der Waals surface area contributed by atoms with Crippen LogP contribution in [-0.4, -0.2) is 36.5 Å². The van der Waals surface area contributed by atoms with E-state index in [1.165, 1.54) is 7.11 Å². The summed E-state index contributed by atoms with van der Waals surface area (Å²) < 4.78 is 15.8. The van der Waals surface area contributed by atoms with Crippen LogP contribution in [0, 0.1) is 0 Å². The van der Waals surface area contributed by atoms with Gasteiger partial charge in [0.05, 0.1) is 30.5 Å². The molecule has 2 fully saturated rings. The minimum atomic E-state index is -0.158. The van der Waals surface area contributed by atoms with E-state index in [2.05, 4.69) is 25.5 Å². The van der Waals surface area contributed by atoms with Crippen molar-refractivity contribution in [3.63, 3.8) is 0 Å². The van der Waals surface area contributed by atoms with Crippen molar-refractivity contribution in [1.29, 1.82) is 0 Å². The summed E-state index contributed by atoms with van der Waals surface area (Å²) in [6, 6.07) is 0. The summed E-state index contributed by atoms with van der Waals surface area (Å²) in [5, 5.41) is 0. The highest BCUT2D eigenvalue weighted by Crippen LogP contribution is 2.47. The van der Waals surface area contributed by atoms with Crippen molar-refractivity contribution in [3.8, 4) is 0 Å². The fraction of sp³-hybridized carbons (Fsp3) is 0.923. The molecule has 2 rings (SSSR count). The van der Waals surface area contributed by atoms with Crippen molar-refractivity contribution in [2.75, 3.05) is 7.11 Å². The van der Waals surface area contributed by atoms with Gasteiger partial charge in [0.25, 0.3) is 0 Å². The Kier molecular flexibility index (Phi) is 3.21. The normalized spacial score (nSPS) is 37.6. The second-order valence-corrected chi connectivity index (χ2v) is 5.78. The quantitative estimate of drug-likeness (QED) is 0.528. The van der Waals surface area contributed by atoms with Gasteiger partial charge in [-0.2, -0.15) is 0 Å². The van der Waals surface area contributed by atoms with Crippen molar-refractivity contribution >= 4 is 5.97 Å². The molecule has 0 radical (unpaired) electrons. The lowest BCUT2D eigenvalue weighted by Gasteiger charge is -2.05. The molecule has 4 heteroatoms. The van der Waals surface area contributed by atoms with Gasteiger partial charge in [-0.15, -0.1) is 0 Å². The van der Waals surface area contributed by atoms with Crippen LogP contribution in [0.1, 0.15) is 46.5 Å². The number of epoxide rings is 2. The van der Waals surface area contributed by atoms with Crippen LogP contribution < -0.4 is 0 Å². The molecule has 98 valence electrons. The van der Waals surface area contributed by atoms with Crippen LogP contribution in [0.15, 0.2) is 0 Å². The minimum Gasteiger partial charge on any atom is -0.469 e.